The fourth-order valence-electron chi connectivity index (χ4n) is 2.39. The van der Waals surface area contributed by atoms with E-state index in [4.69, 9.17) is 14.2 Å². The topological polar surface area (TPSA) is 82.1 Å². The van der Waals surface area contributed by atoms with Gasteiger partial charge in [0.25, 0.3) is 0 Å². The monoisotopic (exact) mass is 437 g/mol. The number of ether oxygens (including phenoxy) is 3. The second-order valence-corrected chi connectivity index (χ2v) is 7.04. The van der Waals surface area contributed by atoms with Gasteiger partial charge < -0.3 is 14.2 Å². The highest BCUT2D eigenvalue weighted by molar-refractivity contribution is 5.78. The van der Waals surface area contributed by atoms with Gasteiger partial charge in [-0.1, -0.05) is 45.8 Å². The Morgan fingerprint density at radius 3 is 1.68 bits per heavy atom. The molecule has 0 aromatic rings. The van der Waals surface area contributed by atoms with Gasteiger partial charge in [-0.3, -0.25) is 19.3 Å². The molecular weight excluding hydrogens is 398 g/mol. The molecule has 0 aliphatic heterocycles. The lowest BCUT2D eigenvalue weighted by Gasteiger charge is -2.18. The molecule has 0 bridgehead atoms. The fraction of sp³-hybridized carbons (Fsp3) is 0.625. The zero-order chi connectivity index (χ0) is 23.2. The van der Waals surface area contributed by atoms with Gasteiger partial charge in [-0.2, -0.15) is 0 Å². The summed E-state index contributed by atoms with van der Waals surface area (Å²) in [7, 11) is 0. The lowest BCUT2D eigenvalue weighted by atomic mass is 10.2. The van der Waals surface area contributed by atoms with Gasteiger partial charge in [-0.05, 0) is 50.7 Å². The Morgan fingerprint density at radius 1 is 0.677 bits per heavy atom. The zero-order valence-electron chi connectivity index (χ0n) is 19.3. The number of hydrogen-bond acceptors (Lipinski definition) is 7. The van der Waals surface area contributed by atoms with Gasteiger partial charge in [-0.15, -0.1) is 0 Å². The van der Waals surface area contributed by atoms with E-state index in [0.717, 1.165) is 44.9 Å². The maximum absolute atomic E-state index is 12.1. The van der Waals surface area contributed by atoms with Crippen molar-refractivity contribution < 1.29 is 28.6 Å². The molecule has 0 saturated carbocycles. The fourth-order valence-corrected chi connectivity index (χ4v) is 2.39. The summed E-state index contributed by atoms with van der Waals surface area (Å²) < 4.78 is 15.3. The van der Waals surface area contributed by atoms with Crippen molar-refractivity contribution in [3.05, 3.63) is 36.8 Å². The molecule has 0 aliphatic carbocycles. The highest BCUT2D eigenvalue weighted by Gasteiger charge is 2.19. The summed E-state index contributed by atoms with van der Waals surface area (Å²) in [5.41, 5.74) is 0. The molecule has 0 amide bonds. The minimum Gasteiger partial charge on any atom is -0.464 e. The van der Waals surface area contributed by atoms with Crippen LogP contribution in [0.5, 0.6) is 0 Å². The molecule has 0 fully saturated rings. The molecule has 7 nitrogen and oxygen atoms in total. The summed E-state index contributed by atoms with van der Waals surface area (Å²) in [5, 5.41) is 0. The summed E-state index contributed by atoms with van der Waals surface area (Å²) in [6.07, 6.45) is 17.5. The quantitative estimate of drug-likeness (QED) is 0.101. The van der Waals surface area contributed by atoms with Crippen molar-refractivity contribution in [1.29, 1.82) is 0 Å². The average Bonchev–Trinajstić information content (AvgIpc) is 2.73. The predicted molar refractivity (Wildman–Crippen MR) is 121 cm³/mol. The first kappa shape index (κ1) is 28.6. The molecule has 31 heavy (non-hydrogen) atoms. The minimum atomic E-state index is -0.558. The molecule has 0 spiro atoms. The first-order chi connectivity index (χ1) is 15.0. The Kier molecular flexibility index (Phi) is 19.2. The number of unbranched alkanes of at least 4 members (excludes halogenated alkanes) is 4. The van der Waals surface area contributed by atoms with Crippen LogP contribution in [-0.2, 0) is 28.6 Å². The summed E-state index contributed by atoms with van der Waals surface area (Å²) >= 11 is 0. The van der Waals surface area contributed by atoms with Crippen LogP contribution < -0.4 is 0 Å². The van der Waals surface area contributed by atoms with Crippen LogP contribution in [0.25, 0.3) is 0 Å². The minimum absolute atomic E-state index is 0.208. The van der Waals surface area contributed by atoms with Gasteiger partial charge in [0.1, 0.15) is 0 Å². The van der Waals surface area contributed by atoms with E-state index < -0.39 is 17.9 Å². The van der Waals surface area contributed by atoms with Crippen LogP contribution in [0.2, 0.25) is 0 Å². The van der Waals surface area contributed by atoms with E-state index in [1.54, 1.807) is 12.2 Å². The lowest BCUT2D eigenvalue weighted by Crippen LogP contribution is -2.39. The zero-order valence-corrected chi connectivity index (χ0v) is 19.3. The Morgan fingerprint density at radius 2 is 1.19 bits per heavy atom. The van der Waals surface area contributed by atoms with Crippen LogP contribution in [0.4, 0.5) is 0 Å². The van der Waals surface area contributed by atoms with Crippen LogP contribution >= 0.6 is 0 Å². The Labute approximate surface area is 187 Å². The molecule has 0 N–H and O–H groups in total. The smallest absolute Gasteiger partial charge is 0.324 e. The van der Waals surface area contributed by atoms with E-state index in [1.165, 1.54) is 17.4 Å². The summed E-state index contributed by atoms with van der Waals surface area (Å²) in [6, 6.07) is 0. The predicted octanol–water partition coefficient (Wildman–Crippen LogP) is 4.68. The van der Waals surface area contributed by atoms with Gasteiger partial charge >= 0.3 is 17.9 Å². The molecular formula is C24H39NO6. The van der Waals surface area contributed by atoms with Crippen molar-refractivity contribution in [3.8, 4) is 0 Å². The van der Waals surface area contributed by atoms with E-state index in [2.05, 4.69) is 13.8 Å². The van der Waals surface area contributed by atoms with Crippen LogP contribution in [0, 0.1) is 0 Å². The van der Waals surface area contributed by atoms with Gasteiger partial charge in [0.05, 0.1) is 38.8 Å². The highest BCUT2D eigenvalue weighted by atomic mass is 16.5. The molecule has 0 heterocycles. The van der Waals surface area contributed by atoms with Crippen LogP contribution in [0.1, 0.15) is 72.1 Å². The number of rotatable bonds is 18. The van der Waals surface area contributed by atoms with Crippen molar-refractivity contribution >= 4 is 17.9 Å². The number of allylic oxidation sites excluding steroid dienone is 3. The third-order valence-corrected chi connectivity index (χ3v) is 4.05. The molecule has 0 aliphatic rings. The lowest BCUT2D eigenvalue weighted by molar-refractivity contribution is -0.148. The second-order valence-electron chi connectivity index (χ2n) is 7.04. The highest BCUT2D eigenvalue weighted by Crippen LogP contribution is 2.00. The van der Waals surface area contributed by atoms with Crippen LogP contribution in [-0.4, -0.2) is 49.0 Å². The number of carbonyl (C=O) groups excluding carboxylic acids is 3. The SMILES string of the molecule is CCC=CCCOC(=O)CN(CC(=O)OC=CCCCC)CC(=O)OC=CCCCC. The maximum Gasteiger partial charge on any atom is 0.324 e. The van der Waals surface area contributed by atoms with E-state index in [1.807, 2.05) is 19.1 Å². The van der Waals surface area contributed by atoms with Crippen LogP contribution in [0.3, 0.4) is 0 Å². The Bertz CT molecular complexity index is 549. The third kappa shape index (κ3) is 19.3. The van der Waals surface area contributed by atoms with Crippen molar-refractivity contribution in [3.63, 3.8) is 0 Å². The summed E-state index contributed by atoms with van der Waals surface area (Å²) in [5.74, 6) is -1.63. The molecule has 0 unspecified atom stereocenters. The van der Waals surface area contributed by atoms with Gasteiger partial charge in [-0.25, -0.2) is 0 Å². The molecule has 0 aromatic heterocycles. The molecule has 0 atom stereocenters. The van der Waals surface area contributed by atoms with Crippen molar-refractivity contribution in [2.24, 2.45) is 0 Å². The van der Waals surface area contributed by atoms with Crippen molar-refractivity contribution in [1.82, 2.24) is 4.90 Å². The number of hydrogen-bond donors (Lipinski definition) is 0. The number of carbonyl (C=O) groups is 3. The van der Waals surface area contributed by atoms with Gasteiger partial charge in [0.15, 0.2) is 0 Å². The van der Waals surface area contributed by atoms with E-state index in [-0.39, 0.29) is 26.2 Å². The van der Waals surface area contributed by atoms with Crippen molar-refractivity contribution in [2.45, 2.75) is 72.1 Å². The van der Waals surface area contributed by atoms with Crippen molar-refractivity contribution in [2.75, 3.05) is 26.2 Å². The number of nitrogens with zero attached hydrogens (tertiary/aromatic N) is 1. The van der Waals surface area contributed by atoms with Gasteiger partial charge in [0, 0.05) is 0 Å². The van der Waals surface area contributed by atoms with E-state index >= 15 is 0 Å². The second kappa shape index (κ2) is 20.8. The largest absolute Gasteiger partial charge is 0.464 e. The maximum atomic E-state index is 12.1. The van der Waals surface area contributed by atoms with E-state index in [9.17, 15) is 14.4 Å². The molecule has 0 radical (unpaired) electrons. The third-order valence-electron chi connectivity index (χ3n) is 4.05. The molecule has 0 aromatic carbocycles. The van der Waals surface area contributed by atoms with E-state index in [0.29, 0.717) is 6.42 Å². The molecule has 0 saturated heterocycles. The first-order valence-corrected chi connectivity index (χ1v) is 11.2. The average molecular weight is 438 g/mol. The standard InChI is InChI=1S/C24H39NO6/c1-4-7-10-13-16-29-22(26)19-25(20-23(27)30-17-14-11-8-5-2)21-24(28)31-18-15-12-9-6-3/h7,10,14-15,17-18H,4-6,8-9,11-13,16,19-21H2,1-3H3. The summed E-state index contributed by atoms with van der Waals surface area (Å²) in [6.45, 7) is 5.77. The van der Waals surface area contributed by atoms with Gasteiger partial charge in [0.2, 0.25) is 0 Å². The van der Waals surface area contributed by atoms with Crippen LogP contribution in [0.15, 0.2) is 36.8 Å². The number of esters is 3. The molecule has 7 heteroatoms. The first-order valence-electron chi connectivity index (χ1n) is 11.2. The Hall–Kier alpha value is -2.41. The summed E-state index contributed by atoms with van der Waals surface area (Å²) in [4.78, 5) is 37.6. The normalized spacial score (nSPS) is 11.6. The molecule has 0 rings (SSSR count). The molecule has 176 valence electrons. The Balaban J connectivity index is 4.64.